The number of ether oxygens (including phenoxy) is 1. The van der Waals surface area contributed by atoms with Crippen LogP contribution in [0, 0.1) is 6.92 Å². The van der Waals surface area contributed by atoms with Crippen LogP contribution in [0.15, 0.2) is 12.1 Å². The quantitative estimate of drug-likeness (QED) is 0.674. The van der Waals surface area contributed by atoms with Gasteiger partial charge in [-0.2, -0.15) is 0 Å². The van der Waals surface area contributed by atoms with Crippen LogP contribution in [0.1, 0.15) is 5.56 Å². The third kappa shape index (κ3) is 1.85. The topological polar surface area (TPSA) is 64.5 Å². The number of anilines is 3. The van der Waals surface area contributed by atoms with Gasteiger partial charge in [-0.3, -0.25) is 0 Å². The fourth-order valence-corrected chi connectivity index (χ4v) is 1.88. The number of hydrogen-bond acceptors (Lipinski definition) is 4. The van der Waals surface area contributed by atoms with Crippen LogP contribution in [-0.2, 0) is 4.74 Å². The maximum absolute atomic E-state index is 5.91. The van der Waals surface area contributed by atoms with Gasteiger partial charge >= 0.3 is 0 Å². The summed E-state index contributed by atoms with van der Waals surface area (Å²) in [6, 6.07) is 3.90. The standard InChI is InChI=1S/C11H17N3O/c1-8-10(3-2-9(12)11(8)13)14-4-6-15-7-5-14/h2-3H,4-7,12-13H2,1H3. The molecule has 0 aromatic heterocycles. The van der Waals surface area contributed by atoms with Crippen molar-refractivity contribution < 1.29 is 4.74 Å². The summed E-state index contributed by atoms with van der Waals surface area (Å²) < 4.78 is 5.32. The summed E-state index contributed by atoms with van der Waals surface area (Å²) in [6.07, 6.45) is 0. The van der Waals surface area contributed by atoms with Gasteiger partial charge < -0.3 is 21.1 Å². The molecule has 0 amide bonds. The van der Waals surface area contributed by atoms with Crippen molar-refractivity contribution in [1.82, 2.24) is 0 Å². The molecule has 0 aliphatic carbocycles. The number of benzene rings is 1. The zero-order valence-electron chi connectivity index (χ0n) is 8.99. The number of hydrogen-bond donors (Lipinski definition) is 2. The second kappa shape index (κ2) is 3.98. The Morgan fingerprint density at radius 1 is 1.20 bits per heavy atom. The van der Waals surface area contributed by atoms with Crippen molar-refractivity contribution in [3.8, 4) is 0 Å². The Bertz CT molecular complexity index is 359. The Kier molecular flexibility index (Phi) is 2.68. The van der Waals surface area contributed by atoms with Crippen LogP contribution in [0.2, 0.25) is 0 Å². The summed E-state index contributed by atoms with van der Waals surface area (Å²) in [5, 5.41) is 0. The zero-order valence-corrected chi connectivity index (χ0v) is 8.99. The third-order valence-corrected chi connectivity index (χ3v) is 2.87. The summed E-state index contributed by atoms with van der Waals surface area (Å²) in [6.45, 7) is 5.42. The van der Waals surface area contributed by atoms with Crippen molar-refractivity contribution in [3.05, 3.63) is 17.7 Å². The van der Waals surface area contributed by atoms with E-state index in [4.69, 9.17) is 16.2 Å². The van der Waals surface area contributed by atoms with E-state index in [2.05, 4.69) is 4.90 Å². The van der Waals surface area contributed by atoms with Crippen molar-refractivity contribution >= 4 is 17.1 Å². The van der Waals surface area contributed by atoms with E-state index < -0.39 is 0 Å². The first-order valence-electron chi connectivity index (χ1n) is 5.17. The molecule has 82 valence electrons. The average molecular weight is 207 g/mol. The molecule has 4 nitrogen and oxygen atoms in total. The molecule has 0 bridgehead atoms. The number of nitrogens with zero attached hydrogens (tertiary/aromatic N) is 1. The molecule has 4 heteroatoms. The van der Waals surface area contributed by atoms with Gasteiger partial charge in [0.25, 0.3) is 0 Å². The Morgan fingerprint density at radius 3 is 2.53 bits per heavy atom. The molecule has 1 aliphatic rings. The van der Waals surface area contributed by atoms with Gasteiger partial charge in [0.05, 0.1) is 24.6 Å². The second-order valence-corrected chi connectivity index (χ2v) is 3.81. The minimum Gasteiger partial charge on any atom is -0.397 e. The highest BCUT2D eigenvalue weighted by molar-refractivity contribution is 5.75. The number of nitrogens with two attached hydrogens (primary N) is 2. The van der Waals surface area contributed by atoms with E-state index in [1.54, 1.807) is 0 Å². The SMILES string of the molecule is Cc1c(N2CCOCC2)ccc(N)c1N. The van der Waals surface area contributed by atoms with Gasteiger partial charge in [-0.1, -0.05) is 0 Å². The first kappa shape index (κ1) is 10.1. The van der Waals surface area contributed by atoms with E-state index in [9.17, 15) is 0 Å². The second-order valence-electron chi connectivity index (χ2n) is 3.81. The van der Waals surface area contributed by atoms with Crippen molar-refractivity contribution in [1.29, 1.82) is 0 Å². The summed E-state index contributed by atoms with van der Waals surface area (Å²) in [5.41, 5.74) is 15.2. The maximum atomic E-state index is 5.91. The van der Waals surface area contributed by atoms with Crippen molar-refractivity contribution in [2.45, 2.75) is 6.92 Å². The van der Waals surface area contributed by atoms with Crippen LogP contribution in [0.4, 0.5) is 17.1 Å². The Labute approximate surface area is 89.8 Å². The molecule has 15 heavy (non-hydrogen) atoms. The Hall–Kier alpha value is -1.42. The Balaban J connectivity index is 2.31. The molecular formula is C11H17N3O. The third-order valence-electron chi connectivity index (χ3n) is 2.87. The highest BCUT2D eigenvalue weighted by Crippen LogP contribution is 2.29. The van der Waals surface area contributed by atoms with Crippen LogP contribution in [0.3, 0.4) is 0 Å². The molecule has 0 unspecified atom stereocenters. The molecule has 0 saturated carbocycles. The predicted molar refractivity (Wildman–Crippen MR) is 63.0 cm³/mol. The number of morpholine rings is 1. The van der Waals surface area contributed by atoms with Gasteiger partial charge in [-0.05, 0) is 24.6 Å². The minimum absolute atomic E-state index is 0.657. The lowest BCUT2D eigenvalue weighted by atomic mass is 10.1. The van der Waals surface area contributed by atoms with Gasteiger partial charge in [0.1, 0.15) is 0 Å². The van der Waals surface area contributed by atoms with Crippen molar-refractivity contribution in [3.63, 3.8) is 0 Å². The van der Waals surface area contributed by atoms with Gasteiger partial charge in [-0.15, -0.1) is 0 Å². The van der Waals surface area contributed by atoms with E-state index in [0.717, 1.165) is 31.9 Å². The van der Waals surface area contributed by atoms with Gasteiger partial charge in [0.2, 0.25) is 0 Å². The molecular weight excluding hydrogens is 190 g/mol. The molecule has 1 heterocycles. The number of nitrogen functional groups attached to an aromatic ring is 2. The van der Waals surface area contributed by atoms with E-state index >= 15 is 0 Å². The Morgan fingerprint density at radius 2 is 1.87 bits per heavy atom. The lowest BCUT2D eigenvalue weighted by Gasteiger charge is -2.30. The van der Waals surface area contributed by atoms with Gasteiger partial charge in [0.15, 0.2) is 0 Å². The molecule has 1 fully saturated rings. The van der Waals surface area contributed by atoms with Crippen molar-refractivity contribution in [2.24, 2.45) is 0 Å². The van der Waals surface area contributed by atoms with Gasteiger partial charge in [-0.25, -0.2) is 0 Å². The largest absolute Gasteiger partial charge is 0.397 e. The molecule has 0 spiro atoms. The zero-order chi connectivity index (χ0) is 10.8. The summed E-state index contributed by atoms with van der Waals surface area (Å²) in [7, 11) is 0. The van der Waals surface area contributed by atoms with Crippen LogP contribution >= 0.6 is 0 Å². The summed E-state index contributed by atoms with van der Waals surface area (Å²) >= 11 is 0. The molecule has 0 radical (unpaired) electrons. The summed E-state index contributed by atoms with van der Waals surface area (Å²) in [5.74, 6) is 0. The van der Waals surface area contributed by atoms with Crippen LogP contribution in [0.25, 0.3) is 0 Å². The predicted octanol–water partition coefficient (Wildman–Crippen LogP) is 0.996. The lowest BCUT2D eigenvalue weighted by molar-refractivity contribution is 0.122. The van der Waals surface area contributed by atoms with Gasteiger partial charge in [0, 0.05) is 18.8 Å². The fraction of sp³-hybridized carbons (Fsp3) is 0.455. The molecule has 4 N–H and O–H groups in total. The highest BCUT2D eigenvalue weighted by atomic mass is 16.5. The van der Waals surface area contributed by atoms with Crippen LogP contribution in [0.5, 0.6) is 0 Å². The van der Waals surface area contributed by atoms with Crippen LogP contribution in [-0.4, -0.2) is 26.3 Å². The molecule has 1 aromatic rings. The first-order valence-corrected chi connectivity index (χ1v) is 5.17. The smallest absolute Gasteiger partial charge is 0.0642 e. The average Bonchev–Trinajstić information content (AvgIpc) is 2.27. The monoisotopic (exact) mass is 207 g/mol. The molecule has 2 rings (SSSR count). The first-order chi connectivity index (χ1) is 7.20. The lowest BCUT2D eigenvalue weighted by Crippen LogP contribution is -2.36. The summed E-state index contributed by atoms with van der Waals surface area (Å²) in [4.78, 5) is 2.29. The molecule has 1 saturated heterocycles. The van der Waals surface area contributed by atoms with E-state index in [1.807, 2.05) is 19.1 Å². The fourth-order valence-electron chi connectivity index (χ4n) is 1.88. The van der Waals surface area contributed by atoms with E-state index in [-0.39, 0.29) is 0 Å². The minimum atomic E-state index is 0.657. The number of rotatable bonds is 1. The normalized spacial score (nSPS) is 16.7. The molecule has 1 aliphatic heterocycles. The highest BCUT2D eigenvalue weighted by Gasteiger charge is 2.14. The maximum Gasteiger partial charge on any atom is 0.0642 e. The molecule has 1 aromatic carbocycles. The van der Waals surface area contributed by atoms with Crippen molar-refractivity contribution in [2.75, 3.05) is 42.7 Å². The van der Waals surface area contributed by atoms with E-state index in [0.29, 0.717) is 11.4 Å². The molecule has 0 atom stereocenters. The van der Waals surface area contributed by atoms with E-state index in [1.165, 1.54) is 5.69 Å². The van der Waals surface area contributed by atoms with Crippen LogP contribution < -0.4 is 16.4 Å².